The van der Waals surface area contributed by atoms with E-state index in [4.69, 9.17) is 16.6 Å². The second-order valence-electron chi connectivity index (χ2n) is 7.33. The summed E-state index contributed by atoms with van der Waals surface area (Å²) in [4.78, 5) is 17.5. The Bertz CT molecular complexity index is 1340. The molecular formula is C24H19ClN4O2S. The van der Waals surface area contributed by atoms with Crippen LogP contribution in [0.15, 0.2) is 78.9 Å². The van der Waals surface area contributed by atoms with Crippen molar-refractivity contribution in [2.75, 3.05) is 22.7 Å². The first-order chi connectivity index (χ1) is 15.6. The highest BCUT2D eigenvalue weighted by atomic mass is 35.5. The first-order valence-electron chi connectivity index (χ1n) is 10.1. The molecule has 1 fully saturated rings. The minimum atomic E-state index is -1.23. The van der Waals surface area contributed by atoms with Gasteiger partial charge in [0, 0.05) is 35.3 Å². The van der Waals surface area contributed by atoms with Crippen molar-refractivity contribution in [3.8, 4) is 11.3 Å². The van der Waals surface area contributed by atoms with Gasteiger partial charge in [0.25, 0.3) is 5.91 Å². The summed E-state index contributed by atoms with van der Waals surface area (Å²) in [6, 6.07) is 24.2. The van der Waals surface area contributed by atoms with Crippen molar-refractivity contribution < 1.29 is 9.00 Å². The van der Waals surface area contributed by atoms with E-state index in [9.17, 15) is 9.00 Å². The van der Waals surface area contributed by atoms with E-state index < -0.39 is 11.2 Å². The molecular weight excluding hydrogens is 444 g/mol. The standard InChI is InChI=1S/C24H19ClN4O2S/c25-21-11-8-18(15-20(21)23-12-7-16-3-1-2-4-22(16)28-23)27-24(30)17-5-9-19(10-6-17)29-14-13-26-32(29)31/h1-12,15,26H,13-14H2,(H,27,30). The molecule has 1 aliphatic rings. The van der Waals surface area contributed by atoms with Gasteiger partial charge in [0.2, 0.25) is 0 Å². The Morgan fingerprint density at radius 3 is 2.62 bits per heavy atom. The van der Waals surface area contributed by atoms with Gasteiger partial charge in [-0.1, -0.05) is 35.9 Å². The zero-order chi connectivity index (χ0) is 22.1. The number of anilines is 2. The first kappa shape index (κ1) is 20.6. The van der Waals surface area contributed by atoms with Crippen LogP contribution in [0.4, 0.5) is 11.4 Å². The average molecular weight is 463 g/mol. The predicted octanol–water partition coefficient (Wildman–Crippen LogP) is 4.80. The van der Waals surface area contributed by atoms with Crippen LogP contribution in [0.3, 0.4) is 0 Å². The molecule has 32 heavy (non-hydrogen) atoms. The minimum Gasteiger partial charge on any atom is -0.322 e. The van der Waals surface area contributed by atoms with Crippen molar-refractivity contribution in [1.29, 1.82) is 0 Å². The van der Waals surface area contributed by atoms with E-state index in [0.717, 1.165) is 27.8 Å². The van der Waals surface area contributed by atoms with Gasteiger partial charge in [-0.05, 0) is 54.6 Å². The van der Waals surface area contributed by atoms with Crippen molar-refractivity contribution >= 4 is 51.0 Å². The minimum absolute atomic E-state index is 0.239. The number of hydrogen-bond acceptors (Lipinski definition) is 3. The van der Waals surface area contributed by atoms with E-state index in [1.165, 1.54) is 0 Å². The first-order valence-corrected chi connectivity index (χ1v) is 11.6. The quantitative estimate of drug-likeness (QED) is 0.457. The fourth-order valence-electron chi connectivity index (χ4n) is 3.62. The molecule has 6 nitrogen and oxygen atoms in total. The number of pyridine rings is 1. The fourth-order valence-corrected chi connectivity index (χ4v) is 4.82. The number of hydrogen-bond donors (Lipinski definition) is 2. The number of benzene rings is 3. The molecule has 0 radical (unpaired) electrons. The number of carbonyl (C=O) groups excluding carboxylic acids is 1. The van der Waals surface area contributed by atoms with Crippen LogP contribution in [0, 0.1) is 0 Å². The van der Waals surface area contributed by atoms with Gasteiger partial charge in [-0.2, -0.15) is 0 Å². The normalized spacial score (nSPS) is 15.8. The van der Waals surface area contributed by atoms with Crippen molar-refractivity contribution in [3.05, 3.63) is 89.4 Å². The third-order valence-corrected chi connectivity index (χ3v) is 6.83. The van der Waals surface area contributed by atoms with Crippen molar-refractivity contribution in [3.63, 3.8) is 0 Å². The van der Waals surface area contributed by atoms with E-state index >= 15 is 0 Å². The van der Waals surface area contributed by atoms with Crippen LogP contribution >= 0.6 is 11.6 Å². The number of halogens is 1. The summed E-state index contributed by atoms with van der Waals surface area (Å²) >= 11 is 5.21. The molecule has 1 aromatic heterocycles. The Labute approximate surface area is 193 Å². The lowest BCUT2D eigenvalue weighted by Gasteiger charge is -2.15. The van der Waals surface area contributed by atoms with Crippen molar-refractivity contribution in [2.45, 2.75) is 0 Å². The van der Waals surface area contributed by atoms with E-state index in [2.05, 4.69) is 10.0 Å². The highest BCUT2D eigenvalue weighted by molar-refractivity contribution is 7.84. The van der Waals surface area contributed by atoms with Crippen LogP contribution < -0.4 is 14.3 Å². The van der Waals surface area contributed by atoms with E-state index in [0.29, 0.717) is 29.4 Å². The van der Waals surface area contributed by atoms with E-state index in [-0.39, 0.29) is 5.91 Å². The van der Waals surface area contributed by atoms with Gasteiger partial charge in [-0.3, -0.25) is 9.10 Å². The third-order valence-electron chi connectivity index (χ3n) is 5.26. The summed E-state index contributed by atoms with van der Waals surface area (Å²) in [7, 11) is 0. The Hall–Kier alpha value is -3.26. The Morgan fingerprint density at radius 1 is 1.03 bits per heavy atom. The number of nitrogens with zero attached hydrogens (tertiary/aromatic N) is 2. The Balaban J connectivity index is 1.37. The van der Waals surface area contributed by atoms with Gasteiger partial charge >= 0.3 is 0 Å². The van der Waals surface area contributed by atoms with Gasteiger partial charge in [0.05, 0.1) is 21.9 Å². The largest absolute Gasteiger partial charge is 0.322 e. The van der Waals surface area contributed by atoms with E-state index in [1.54, 1.807) is 40.7 Å². The smallest absolute Gasteiger partial charge is 0.255 e. The van der Waals surface area contributed by atoms with Crippen LogP contribution in [-0.4, -0.2) is 28.2 Å². The number of aromatic nitrogens is 1. The molecule has 1 saturated heterocycles. The number of fused-ring (bicyclic) bond motifs is 1. The maximum atomic E-state index is 12.8. The maximum absolute atomic E-state index is 12.8. The van der Waals surface area contributed by atoms with Gasteiger partial charge in [0.1, 0.15) is 0 Å². The molecule has 2 N–H and O–H groups in total. The second-order valence-corrected chi connectivity index (χ2v) is 8.97. The second kappa shape index (κ2) is 8.70. The molecule has 1 atom stereocenters. The van der Waals surface area contributed by atoms with Gasteiger partial charge in [-0.25, -0.2) is 13.9 Å². The monoisotopic (exact) mass is 462 g/mol. The third kappa shape index (κ3) is 4.10. The molecule has 2 heterocycles. The number of carbonyl (C=O) groups is 1. The predicted molar refractivity (Wildman–Crippen MR) is 130 cm³/mol. The molecule has 0 aliphatic carbocycles. The summed E-state index contributed by atoms with van der Waals surface area (Å²) in [5.74, 6) is -0.239. The molecule has 5 rings (SSSR count). The highest BCUT2D eigenvalue weighted by Gasteiger charge is 2.20. The fraction of sp³-hybridized carbons (Fsp3) is 0.0833. The van der Waals surface area contributed by atoms with E-state index in [1.807, 2.05) is 42.5 Å². The van der Waals surface area contributed by atoms with Crippen LogP contribution in [0.5, 0.6) is 0 Å². The molecule has 4 aromatic rings. The molecule has 0 bridgehead atoms. The van der Waals surface area contributed by atoms with Gasteiger partial charge in [-0.15, -0.1) is 0 Å². The molecule has 1 unspecified atom stereocenters. The molecule has 0 spiro atoms. The van der Waals surface area contributed by atoms with Crippen molar-refractivity contribution in [1.82, 2.24) is 9.71 Å². The summed E-state index contributed by atoms with van der Waals surface area (Å²) < 4.78 is 16.5. The number of amides is 1. The Kier molecular flexibility index (Phi) is 5.61. The topological polar surface area (TPSA) is 74.3 Å². The van der Waals surface area contributed by atoms with Gasteiger partial charge < -0.3 is 5.32 Å². The number of nitrogens with one attached hydrogen (secondary N) is 2. The molecule has 1 amide bonds. The SMILES string of the molecule is O=C(Nc1ccc(Cl)c(-c2ccc3ccccc3n2)c1)c1ccc(N2CCNS2=O)cc1. The lowest BCUT2D eigenvalue weighted by Crippen LogP contribution is -2.22. The number of rotatable bonds is 4. The molecule has 8 heteroatoms. The average Bonchev–Trinajstić information content (AvgIpc) is 3.26. The zero-order valence-electron chi connectivity index (χ0n) is 16.9. The summed E-state index contributed by atoms with van der Waals surface area (Å²) in [5, 5.41) is 4.53. The van der Waals surface area contributed by atoms with Crippen molar-refractivity contribution in [2.24, 2.45) is 0 Å². The summed E-state index contributed by atoms with van der Waals surface area (Å²) in [5.41, 5.74) is 4.30. The maximum Gasteiger partial charge on any atom is 0.255 e. The highest BCUT2D eigenvalue weighted by Crippen LogP contribution is 2.31. The molecule has 1 aliphatic heterocycles. The van der Waals surface area contributed by atoms with Gasteiger partial charge in [0.15, 0.2) is 11.2 Å². The number of para-hydroxylation sites is 1. The van der Waals surface area contributed by atoms with Crippen LogP contribution in [0.1, 0.15) is 10.4 Å². The molecule has 3 aromatic carbocycles. The molecule has 0 saturated carbocycles. The van der Waals surface area contributed by atoms with Crippen LogP contribution in [0.25, 0.3) is 22.2 Å². The van der Waals surface area contributed by atoms with Crippen LogP contribution in [-0.2, 0) is 11.2 Å². The lowest BCUT2D eigenvalue weighted by atomic mass is 10.1. The lowest BCUT2D eigenvalue weighted by molar-refractivity contribution is 0.102. The zero-order valence-corrected chi connectivity index (χ0v) is 18.5. The molecule has 160 valence electrons. The Morgan fingerprint density at radius 2 is 1.84 bits per heavy atom. The summed E-state index contributed by atoms with van der Waals surface area (Å²) in [6.45, 7) is 1.33. The summed E-state index contributed by atoms with van der Waals surface area (Å²) in [6.07, 6.45) is 0. The van der Waals surface area contributed by atoms with Crippen LogP contribution in [0.2, 0.25) is 5.02 Å².